The number of aryl methyl sites for hydroxylation is 2. The zero-order valence-electron chi connectivity index (χ0n) is 16.7. The minimum atomic E-state index is 0.541. The highest BCUT2D eigenvalue weighted by molar-refractivity contribution is 5.80. The number of nitrogens with zero attached hydrogens (tertiary/aromatic N) is 4. The fourth-order valence-corrected chi connectivity index (χ4v) is 3.60. The lowest BCUT2D eigenvalue weighted by atomic mass is 10.0. The summed E-state index contributed by atoms with van der Waals surface area (Å²) in [5.74, 6) is 2.50. The molecule has 1 atom stereocenters. The van der Waals surface area contributed by atoms with Crippen LogP contribution in [0.15, 0.2) is 41.7 Å². The first-order valence-electron chi connectivity index (χ1n) is 9.84. The number of methoxy groups -OCH3 is 1. The van der Waals surface area contributed by atoms with Crippen LogP contribution in [0.1, 0.15) is 36.8 Å². The van der Waals surface area contributed by atoms with Gasteiger partial charge in [-0.2, -0.15) is 5.10 Å². The molecule has 1 aliphatic rings. The van der Waals surface area contributed by atoms with Gasteiger partial charge in [-0.25, -0.2) is 0 Å². The van der Waals surface area contributed by atoms with E-state index >= 15 is 0 Å². The maximum absolute atomic E-state index is 5.30. The van der Waals surface area contributed by atoms with E-state index in [0.29, 0.717) is 5.92 Å². The predicted molar refractivity (Wildman–Crippen MR) is 109 cm³/mol. The van der Waals surface area contributed by atoms with E-state index in [-0.39, 0.29) is 0 Å². The van der Waals surface area contributed by atoms with Gasteiger partial charge in [0.2, 0.25) is 0 Å². The average molecular weight is 370 g/mol. The molecule has 146 valence electrons. The summed E-state index contributed by atoms with van der Waals surface area (Å²) < 4.78 is 7.18. The number of rotatable bonds is 7. The van der Waals surface area contributed by atoms with Crippen LogP contribution in [-0.4, -0.2) is 53.9 Å². The molecule has 2 aromatic rings. The Balaban J connectivity index is 1.53. The van der Waals surface area contributed by atoms with Crippen LogP contribution in [0.4, 0.5) is 0 Å². The van der Waals surface area contributed by atoms with E-state index in [2.05, 4.69) is 40.6 Å². The van der Waals surface area contributed by atoms with Gasteiger partial charge >= 0.3 is 0 Å². The summed E-state index contributed by atoms with van der Waals surface area (Å²) in [4.78, 5) is 7.25. The second-order valence-electron chi connectivity index (χ2n) is 7.07. The van der Waals surface area contributed by atoms with Crippen LogP contribution in [0, 0.1) is 0 Å². The lowest BCUT2D eigenvalue weighted by molar-refractivity contribution is 0.414. The van der Waals surface area contributed by atoms with E-state index in [1.54, 1.807) is 7.11 Å². The van der Waals surface area contributed by atoms with Crippen LogP contribution in [0.25, 0.3) is 0 Å². The van der Waals surface area contributed by atoms with Gasteiger partial charge in [0.25, 0.3) is 0 Å². The smallest absolute Gasteiger partial charge is 0.193 e. The number of guanidine groups is 1. The molecular formula is C21H31N5O. The van der Waals surface area contributed by atoms with Gasteiger partial charge in [-0.1, -0.05) is 12.1 Å². The first-order chi connectivity index (χ1) is 13.2. The number of hydrogen-bond donors (Lipinski definition) is 1. The zero-order chi connectivity index (χ0) is 19.1. The third kappa shape index (κ3) is 5.25. The monoisotopic (exact) mass is 369 g/mol. The number of benzene rings is 1. The van der Waals surface area contributed by atoms with Crippen molar-refractivity contribution in [3.8, 4) is 5.75 Å². The van der Waals surface area contributed by atoms with Crippen LogP contribution in [-0.2, 0) is 13.5 Å². The summed E-state index contributed by atoms with van der Waals surface area (Å²) in [5, 5.41) is 7.77. The van der Waals surface area contributed by atoms with E-state index in [1.165, 1.54) is 11.1 Å². The molecule has 0 spiro atoms. The highest BCUT2D eigenvalue weighted by Crippen LogP contribution is 2.26. The Morgan fingerprint density at radius 2 is 2.30 bits per heavy atom. The minimum absolute atomic E-state index is 0.541. The Bertz CT molecular complexity index is 755. The van der Waals surface area contributed by atoms with Crippen LogP contribution < -0.4 is 10.1 Å². The molecule has 0 bridgehead atoms. The molecule has 6 nitrogen and oxygen atoms in total. The molecule has 0 saturated carbocycles. The maximum Gasteiger partial charge on any atom is 0.193 e. The highest BCUT2D eigenvalue weighted by Gasteiger charge is 2.26. The molecule has 3 rings (SSSR count). The summed E-state index contributed by atoms with van der Waals surface area (Å²) in [6.07, 6.45) is 7.32. The number of nitrogens with one attached hydrogen (secondary N) is 1. The van der Waals surface area contributed by atoms with Crippen molar-refractivity contribution in [3.63, 3.8) is 0 Å². The normalized spacial score (nSPS) is 17.4. The predicted octanol–water partition coefficient (Wildman–Crippen LogP) is 2.82. The first kappa shape index (κ1) is 19.3. The van der Waals surface area contributed by atoms with Crippen molar-refractivity contribution in [2.45, 2.75) is 32.1 Å². The first-order valence-corrected chi connectivity index (χ1v) is 9.84. The van der Waals surface area contributed by atoms with Gasteiger partial charge < -0.3 is 15.0 Å². The van der Waals surface area contributed by atoms with Gasteiger partial charge in [0.05, 0.1) is 13.3 Å². The van der Waals surface area contributed by atoms with Crippen molar-refractivity contribution in [3.05, 3.63) is 47.8 Å². The molecule has 1 fully saturated rings. The Morgan fingerprint density at radius 1 is 1.41 bits per heavy atom. The highest BCUT2D eigenvalue weighted by atomic mass is 16.5. The van der Waals surface area contributed by atoms with Crippen molar-refractivity contribution in [2.24, 2.45) is 12.0 Å². The van der Waals surface area contributed by atoms with Gasteiger partial charge in [0.15, 0.2) is 5.96 Å². The molecule has 6 heteroatoms. The molecule has 0 radical (unpaired) electrons. The van der Waals surface area contributed by atoms with Crippen molar-refractivity contribution in [1.82, 2.24) is 20.0 Å². The van der Waals surface area contributed by atoms with E-state index in [0.717, 1.165) is 57.2 Å². The molecule has 0 aliphatic carbocycles. The SMILES string of the molecule is CCNC(=NCCCc1cccc(OC)c1)N1CCC(c2cnn(C)c2)C1. The lowest BCUT2D eigenvalue weighted by Gasteiger charge is -2.21. The van der Waals surface area contributed by atoms with E-state index < -0.39 is 0 Å². The van der Waals surface area contributed by atoms with Crippen LogP contribution in [0.5, 0.6) is 5.75 Å². The number of aliphatic imine (C=N–C) groups is 1. The largest absolute Gasteiger partial charge is 0.497 e. The van der Waals surface area contributed by atoms with Crippen molar-refractivity contribution >= 4 is 5.96 Å². The maximum atomic E-state index is 5.30. The van der Waals surface area contributed by atoms with E-state index in [4.69, 9.17) is 9.73 Å². The molecule has 27 heavy (non-hydrogen) atoms. The molecule has 1 aromatic carbocycles. The number of ether oxygens (including phenoxy) is 1. The molecule has 1 N–H and O–H groups in total. The molecule has 2 heterocycles. The second kappa shape index (κ2) is 9.44. The summed E-state index contributed by atoms with van der Waals surface area (Å²) in [5.41, 5.74) is 2.63. The summed E-state index contributed by atoms with van der Waals surface area (Å²) in [7, 11) is 3.69. The molecular weight excluding hydrogens is 338 g/mol. The minimum Gasteiger partial charge on any atom is -0.497 e. The Labute approximate surface area is 162 Å². The van der Waals surface area contributed by atoms with Gasteiger partial charge in [0.1, 0.15) is 5.75 Å². The van der Waals surface area contributed by atoms with Gasteiger partial charge in [0, 0.05) is 45.3 Å². The van der Waals surface area contributed by atoms with Gasteiger partial charge in [-0.15, -0.1) is 0 Å². The molecule has 1 saturated heterocycles. The standard InChI is InChI=1S/C21H31N5O/c1-4-22-21(23-11-6-8-17-7-5-9-20(13-17)27-3)26-12-10-18(16-26)19-14-24-25(2)15-19/h5,7,9,13-15,18H,4,6,8,10-12,16H2,1-3H3,(H,22,23). The van der Waals surface area contributed by atoms with Crippen molar-refractivity contribution in [2.75, 3.05) is 33.3 Å². The molecule has 1 unspecified atom stereocenters. The van der Waals surface area contributed by atoms with Gasteiger partial charge in [-0.05, 0) is 49.4 Å². The summed E-state index contributed by atoms with van der Waals surface area (Å²) in [6.45, 7) is 5.89. The quantitative estimate of drug-likeness (QED) is 0.463. The Kier molecular flexibility index (Phi) is 6.74. The Morgan fingerprint density at radius 3 is 3.04 bits per heavy atom. The summed E-state index contributed by atoms with van der Waals surface area (Å²) >= 11 is 0. The lowest BCUT2D eigenvalue weighted by Crippen LogP contribution is -2.40. The van der Waals surface area contributed by atoms with Crippen molar-refractivity contribution < 1.29 is 4.74 Å². The molecule has 1 aromatic heterocycles. The average Bonchev–Trinajstić information content (AvgIpc) is 3.33. The third-order valence-corrected chi connectivity index (χ3v) is 5.04. The summed E-state index contributed by atoms with van der Waals surface area (Å²) in [6, 6.07) is 8.28. The number of aromatic nitrogens is 2. The van der Waals surface area contributed by atoms with E-state index in [9.17, 15) is 0 Å². The van der Waals surface area contributed by atoms with E-state index in [1.807, 2.05) is 30.1 Å². The topological polar surface area (TPSA) is 54.7 Å². The zero-order valence-corrected chi connectivity index (χ0v) is 16.7. The van der Waals surface area contributed by atoms with Crippen LogP contribution in [0.3, 0.4) is 0 Å². The van der Waals surface area contributed by atoms with Crippen molar-refractivity contribution in [1.29, 1.82) is 0 Å². The second-order valence-corrected chi connectivity index (χ2v) is 7.07. The number of hydrogen-bond acceptors (Lipinski definition) is 3. The fraction of sp³-hybridized carbons (Fsp3) is 0.524. The fourth-order valence-electron chi connectivity index (χ4n) is 3.60. The van der Waals surface area contributed by atoms with Crippen LogP contribution in [0.2, 0.25) is 0 Å². The molecule has 0 amide bonds. The Hall–Kier alpha value is -2.50. The number of likely N-dealkylation sites (tertiary alicyclic amines) is 1. The van der Waals surface area contributed by atoms with Crippen LogP contribution >= 0.6 is 0 Å². The third-order valence-electron chi connectivity index (χ3n) is 5.04. The van der Waals surface area contributed by atoms with Gasteiger partial charge in [-0.3, -0.25) is 9.67 Å². The molecule has 1 aliphatic heterocycles.